The fourth-order valence-electron chi connectivity index (χ4n) is 1.68. The topological polar surface area (TPSA) is 68.6 Å². The standard InChI is InChI=1S/C13H12N4O2/c1-9-4-13(15-7-14-9)17-16-6-10-2-3-11-12(5-10)19-8-18-11/h2-7H,8H2,1H3,(H,14,15,17)/b16-6-. The van der Waals surface area contributed by atoms with Gasteiger partial charge in [-0.25, -0.2) is 9.97 Å². The molecule has 0 saturated heterocycles. The molecule has 2 aromatic rings. The highest BCUT2D eigenvalue weighted by Crippen LogP contribution is 2.31. The van der Waals surface area contributed by atoms with Gasteiger partial charge >= 0.3 is 0 Å². The zero-order valence-electron chi connectivity index (χ0n) is 10.3. The zero-order chi connectivity index (χ0) is 13.1. The number of hydrogen-bond acceptors (Lipinski definition) is 6. The number of nitrogens with one attached hydrogen (secondary N) is 1. The molecule has 0 radical (unpaired) electrons. The summed E-state index contributed by atoms with van der Waals surface area (Å²) in [6, 6.07) is 7.46. The third-order valence-electron chi connectivity index (χ3n) is 2.59. The first-order valence-corrected chi connectivity index (χ1v) is 5.79. The second-order valence-electron chi connectivity index (χ2n) is 4.03. The zero-order valence-corrected chi connectivity index (χ0v) is 10.3. The summed E-state index contributed by atoms with van der Waals surface area (Å²) in [7, 11) is 0. The number of hydrogen-bond donors (Lipinski definition) is 1. The van der Waals surface area contributed by atoms with Crippen molar-refractivity contribution in [1.82, 2.24) is 9.97 Å². The van der Waals surface area contributed by atoms with Crippen molar-refractivity contribution in [2.45, 2.75) is 6.92 Å². The van der Waals surface area contributed by atoms with Gasteiger partial charge in [-0.1, -0.05) is 0 Å². The lowest BCUT2D eigenvalue weighted by Gasteiger charge is -2.00. The average Bonchev–Trinajstić information content (AvgIpc) is 2.86. The van der Waals surface area contributed by atoms with Gasteiger partial charge in [-0.05, 0) is 30.7 Å². The van der Waals surface area contributed by atoms with Gasteiger partial charge in [-0.2, -0.15) is 5.10 Å². The lowest BCUT2D eigenvalue weighted by atomic mass is 10.2. The van der Waals surface area contributed by atoms with Crippen molar-refractivity contribution in [3.8, 4) is 11.5 Å². The molecule has 19 heavy (non-hydrogen) atoms. The van der Waals surface area contributed by atoms with Gasteiger partial charge in [0.2, 0.25) is 6.79 Å². The maximum Gasteiger partial charge on any atom is 0.231 e. The Morgan fingerprint density at radius 1 is 1.21 bits per heavy atom. The van der Waals surface area contributed by atoms with Crippen LogP contribution in [0.4, 0.5) is 5.82 Å². The molecule has 0 amide bonds. The van der Waals surface area contributed by atoms with Crippen molar-refractivity contribution in [3.63, 3.8) is 0 Å². The van der Waals surface area contributed by atoms with Crippen molar-refractivity contribution in [2.75, 3.05) is 12.2 Å². The van der Waals surface area contributed by atoms with Gasteiger partial charge in [-0.15, -0.1) is 0 Å². The molecule has 6 nitrogen and oxygen atoms in total. The van der Waals surface area contributed by atoms with E-state index in [0.29, 0.717) is 5.82 Å². The summed E-state index contributed by atoms with van der Waals surface area (Å²) in [5, 5.41) is 4.12. The summed E-state index contributed by atoms with van der Waals surface area (Å²) in [5.74, 6) is 2.16. The Morgan fingerprint density at radius 3 is 3.00 bits per heavy atom. The summed E-state index contributed by atoms with van der Waals surface area (Å²) < 4.78 is 10.5. The van der Waals surface area contributed by atoms with Gasteiger partial charge in [-0.3, -0.25) is 5.43 Å². The normalized spacial score (nSPS) is 12.9. The molecule has 0 saturated carbocycles. The van der Waals surface area contributed by atoms with Crippen LogP contribution in [-0.4, -0.2) is 23.0 Å². The maximum atomic E-state index is 5.29. The van der Waals surface area contributed by atoms with Gasteiger partial charge in [0.1, 0.15) is 12.1 Å². The van der Waals surface area contributed by atoms with Crippen molar-refractivity contribution >= 4 is 12.0 Å². The minimum absolute atomic E-state index is 0.272. The van der Waals surface area contributed by atoms with Crippen LogP contribution in [0.25, 0.3) is 0 Å². The molecule has 0 unspecified atom stereocenters. The molecule has 96 valence electrons. The highest BCUT2D eigenvalue weighted by molar-refractivity contribution is 5.81. The van der Waals surface area contributed by atoms with E-state index in [1.807, 2.05) is 31.2 Å². The van der Waals surface area contributed by atoms with E-state index in [4.69, 9.17) is 9.47 Å². The van der Waals surface area contributed by atoms with Crippen LogP contribution >= 0.6 is 0 Å². The van der Waals surface area contributed by atoms with E-state index in [1.54, 1.807) is 6.21 Å². The molecule has 0 aliphatic carbocycles. The van der Waals surface area contributed by atoms with Crippen molar-refractivity contribution in [1.29, 1.82) is 0 Å². The summed E-state index contributed by atoms with van der Waals surface area (Å²) in [5.41, 5.74) is 4.65. The smallest absolute Gasteiger partial charge is 0.231 e. The molecule has 1 N–H and O–H groups in total. The largest absolute Gasteiger partial charge is 0.454 e. The van der Waals surface area contributed by atoms with Gasteiger partial charge in [0, 0.05) is 11.8 Å². The molecule has 0 bridgehead atoms. The third-order valence-corrected chi connectivity index (χ3v) is 2.59. The van der Waals surface area contributed by atoms with Crippen LogP contribution in [-0.2, 0) is 0 Å². The van der Waals surface area contributed by atoms with Crippen LogP contribution in [0.5, 0.6) is 11.5 Å². The summed E-state index contributed by atoms with van der Waals surface area (Å²) >= 11 is 0. The SMILES string of the molecule is Cc1cc(N/N=C\c2ccc3c(c2)OCO3)ncn1. The van der Waals surface area contributed by atoms with Gasteiger partial charge in [0.05, 0.1) is 6.21 Å². The summed E-state index contributed by atoms with van der Waals surface area (Å²) in [4.78, 5) is 8.06. The Balaban J connectivity index is 1.69. The maximum absolute atomic E-state index is 5.29. The average molecular weight is 256 g/mol. The van der Waals surface area contributed by atoms with Crippen molar-refractivity contribution < 1.29 is 9.47 Å². The second kappa shape index (κ2) is 4.93. The molecule has 1 aromatic carbocycles. The highest BCUT2D eigenvalue weighted by Gasteiger charge is 2.12. The lowest BCUT2D eigenvalue weighted by Crippen LogP contribution is -1.95. The van der Waals surface area contributed by atoms with Crippen LogP contribution in [0.15, 0.2) is 35.7 Å². The minimum Gasteiger partial charge on any atom is -0.454 e. The predicted molar refractivity (Wildman–Crippen MR) is 70.6 cm³/mol. The highest BCUT2D eigenvalue weighted by atomic mass is 16.7. The Morgan fingerprint density at radius 2 is 2.11 bits per heavy atom. The number of hydrazone groups is 1. The number of ether oxygens (including phenoxy) is 2. The lowest BCUT2D eigenvalue weighted by molar-refractivity contribution is 0.174. The van der Waals surface area contributed by atoms with E-state index in [0.717, 1.165) is 22.8 Å². The molecular formula is C13H12N4O2. The summed E-state index contributed by atoms with van der Waals surface area (Å²) in [6.07, 6.45) is 3.19. The van der Waals surface area contributed by atoms with E-state index in [2.05, 4.69) is 20.5 Å². The number of rotatable bonds is 3. The number of fused-ring (bicyclic) bond motifs is 1. The Kier molecular flexibility index (Phi) is 2.97. The van der Waals surface area contributed by atoms with Crippen LogP contribution in [0, 0.1) is 6.92 Å². The molecule has 3 rings (SSSR count). The van der Waals surface area contributed by atoms with E-state index in [-0.39, 0.29) is 6.79 Å². The van der Waals surface area contributed by atoms with Crippen molar-refractivity contribution in [2.24, 2.45) is 5.10 Å². The van der Waals surface area contributed by atoms with Gasteiger partial charge in [0.25, 0.3) is 0 Å². The molecule has 2 heterocycles. The fraction of sp³-hybridized carbons (Fsp3) is 0.154. The molecular weight excluding hydrogens is 244 g/mol. The molecule has 1 aliphatic heterocycles. The van der Waals surface area contributed by atoms with E-state index in [1.165, 1.54) is 6.33 Å². The molecule has 1 aromatic heterocycles. The molecule has 6 heteroatoms. The number of aromatic nitrogens is 2. The van der Waals surface area contributed by atoms with E-state index in [9.17, 15) is 0 Å². The van der Waals surface area contributed by atoms with Crippen LogP contribution in [0.1, 0.15) is 11.3 Å². The first kappa shape index (κ1) is 11.5. The monoisotopic (exact) mass is 256 g/mol. The Labute approximate surface area is 110 Å². The third kappa shape index (κ3) is 2.62. The van der Waals surface area contributed by atoms with Crippen LogP contribution < -0.4 is 14.9 Å². The van der Waals surface area contributed by atoms with E-state index >= 15 is 0 Å². The van der Waals surface area contributed by atoms with Crippen molar-refractivity contribution in [3.05, 3.63) is 41.9 Å². The molecule has 1 aliphatic rings. The molecule has 0 spiro atoms. The second-order valence-corrected chi connectivity index (χ2v) is 4.03. The summed E-state index contributed by atoms with van der Waals surface area (Å²) in [6.45, 7) is 2.17. The van der Waals surface area contributed by atoms with Crippen LogP contribution in [0.2, 0.25) is 0 Å². The Hall–Kier alpha value is -2.63. The minimum atomic E-state index is 0.272. The van der Waals surface area contributed by atoms with E-state index < -0.39 is 0 Å². The van der Waals surface area contributed by atoms with Gasteiger partial charge < -0.3 is 9.47 Å². The predicted octanol–water partition coefficient (Wildman–Crippen LogP) is 1.96. The molecule has 0 atom stereocenters. The molecule has 0 fully saturated rings. The Bertz CT molecular complexity index is 628. The number of aryl methyl sites for hydroxylation is 1. The van der Waals surface area contributed by atoms with Gasteiger partial charge in [0.15, 0.2) is 11.5 Å². The number of anilines is 1. The quantitative estimate of drug-likeness (QED) is 0.671. The first-order chi connectivity index (χ1) is 9.31. The number of benzene rings is 1. The fourth-order valence-corrected chi connectivity index (χ4v) is 1.68. The number of nitrogens with zero attached hydrogens (tertiary/aromatic N) is 3. The van der Waals surface area contributed by atoms with Crippen LogP contribution in [0.3, 0.4) is 0 Å². The first-order valence-electron chi connectivity index (χ1n) is 5.79.